The summed E-state index contributed by atoms with van der Waals surface area (Å²) >= 11 is 0. The van der Waals surface area contributed by atoms with Crippen LogP contribution < -0.4 is 11.1 Å². The molecule has 1 fully saturated rings. The average Bonchev–Trinajstić information content (AvgIpc) is 2.69. The van der Waals surface area contributed by atoms with Crippen LogP contribution in [0.1, 0.15) is 58.1 Å². The minimum absolute atomic E-state index is 0.566. The van der Waals surface area contributed by atoms with Gasteiger partial charge >= 0.3 is 0 Å². The summed E-state index contributed by atoms with van der Waals surface area (Å²) < 4.78 is 1.99. The van der Waals surface area contributed by atoms with E-state index in [1.165, 1.54) is 38.5 Å². The second-order valence-electron chi connectivity index (χ2n) is 5.81. The van der Waals surface area contributed by atoms with E-state index in [2.05, 4.69) is 24.3 Å². The van der Waals surface area contributed by atoms with E-state index < -0.39 is 0 Å². The maximum atomic E-state index is 6.13. The first-order valence-electron chi connectivity index (χ1n) is 7.75. The van der Waals surface area contributed by atoms with E-state index >= 15 is 0 Å². The van der Waals surface area contributed by atoms with Crippen LogP contribution in [0, 0.1) is 12.8 Å². The van der Waals surface area contributed by atoms with Gasteiger partial charge in [-0.05, 0) is 45.4 Å². The van der Waals surface area contributed by atoms with Gasteiger partial charge in [-0.1, -0.05) is 19.8 Å². The molecular weight excluding hydrogens is 236 g/mol. The van der Waals surface area contributed by atoms with Crippen molar-refractivity contribution in [3.63, 3.8) is 0 Å². The van der Waals surface area contributed by atoms with Gasteiger partial charge in [-0.15, -0.1) is 0 Å². The summed E-state index contributed by atoms with van der Waals surface area (Å²) in [5.41, 5.74) is 7.88. The number of nitrogens with one attached hydrogen (secondary N) is 1. The molecule has 4 nitrogen and oxygen atoms in total. The van der Waals surface area contributed by atoms with Crippen molar-refractivity contribution in [1.29, 1.82) is 0 Å². The Hall–Kier alpha value is -1.19. The summed E-state index contributed by atoms with van der Waals surface area (Å²) in [4.78, 5) is 0. The molecule has 19 heavy (non-hydrogen) atoms. The third-order valence-corrected chi connectivity index (χ3v) is 4.36. The van der Waals surface area contributed by atoms with Gasteiger partial charge in [0.05, 0.1) is 11.4 Å². The van der Waals surface area contributed by atoms with E-state index in [1.54, 1.807) is 0 Å². The third kappa shape index (κ3) is 3.23. The molecule has 1 aliphatic rings. The van der Waals surface area contributed by atoms with Crippen LogP contribution in [0.15, 0.2) is 0 Å². The molecule has 108 valence electrons. The van der Waals surface area contributed by atoms with Gasteiger partial charge in [0.1, 0.15) is 5.82 Å². The number of rotatable bonds is 5. The van der Waals surface area contributed by atoms with Gasteiger partial charge in [0, 0.05) is 12.6 Å². The molecule has 0 spiro atoms. The number of hydrogen-bond donors (Lipinski definition) is 2. The Bertz CT molecular complexity index is 403. The van der Waals surface area contributed by atoms with Crippen LogP contribution in [0.5, 0.6) is 0 Å². The van der Waals surface area contributed by atoms with Gasteiger partial charge in [0.2, 0.25) is 0 Å². The summed E-state index contributed by atoms with van der Waals surface area (Å²) in [6, 6.07) is 0.566. The Kier molecular flexibility index (Phi) is 4.72. The molecule has 3 N–H and O–H groups in total. The molecule has 1 aromatic heterocycles. The highest BCUT2D eigenvalue weighted by atomic mass is 15.3. The van der Waals surface area contributed by atoms with E-state index in [0.717, 1.165) is 29.7 Å². The quantitative estimate of drug-likeness (QED) is 0.855. The number of nitrogens with zero attached hydrogens (tertiary/aromatic N) is 2. The molecule has 4 heteroatoms. The molecule has 1 saturated carbocycles. The highest BCUT2D eigenvalue weighted by Gasteiger charge is 2.22. The molecule has 0 radical (unpaired) electrons. The third-order valence-electron chi connectivity index (χ3n) is 4.36. The highest BCUT2D eigenvalue weighted by molar-refractivity contribution is 5.65. The van der Waals surface area contributed by atoms with Crippen molar-refractivity contribution >= 4 is 11.5 Å². The minimum Gasteiger partial charge on any atom is -0.394 e. The summed E-state index contributed by atoms with van der Waals surface area (Å²) in [5.74, 6) is 1.97. The van der Waals surface area contributed by atoms with Gasteiger partial charge in [0.25, 0.3) is 0 Å². The zero-order valence-corrected chi connectivity index (χ0v) is 12.6. The number of nitrogens with two attached hydrogens (primary N) is 1. The smallest absolute Gasteiger partial charge is 0.148 e. The van der Waals surface area contributed by atoms with Crippen molar-refractivity contribution in [2.75, 3.05) is 11.1 Å². The van der Waals surface area contributed by atoms with Crippen molar-refractivity contribution in [2.45, 2.75) is 71.9 Å². The van der Waals surface area contributed by atoms with Gasteiger partial charge in [0.15, 0.2) is 0 Å². The lowest BCUT2D eigenvalue weighted by Crippen LogP contribution is -2.27. The first kappa shape index (κ1) is 14.2. The van der Waals surface area contributed by atoms with Crippen LogP contribution in [0.2, 0.25) is 0 Å². The largest absolute Gasteiger partial charge is 0.394 e. The molecule has 2 rings (SSSR count). The second kappa shape index (κ2) is 6.31. The van der Waals surface area contributed by atoms with E-state index in [4.69, 9.17) is 5.73 Å². The number of hydrogen-bond acceptors (Lipinski definition) is 3. The lowest BCUT2D eigenvalue weighted by Gasteiger charge is -2.29. The maximum Gasteiger partial charge on any atom is 0.148 e. The Morgan fingerprint density at radius 1 is 1.26 bits per heavy atom. The van der Waals surface area contributed by atoms with Crippen molar-refractivity contribution < 1.29 is 0 Å². The van der Waals surface area contributed by atoms with E-state index in [0.29, 0.717) is 6.04 Å². The van der Waals surface area contributed by atoms with Crippen LogP contribution >= 0.6 is 0 Å². The van der Waals surface area contributed by atoms with Crippen LogP contribution in [-0.4, -0.2) is 15.8 Å². The van der Waals surface area contributed by atoms with E-state index in [1.807, 2.05) is 11.6 Å². The first-order chi connectivity index (χ1) is 9.15. The van der Waals surface area contributed by atoms with Crippen molar-refractivity contribution in [3.05, 3.63) is 5.69 Å². The van der Waals surface area contributed by atoms with Gasteiger partial charge < -0.3 is 11.1 Å². The zero-order valence-electron chi connectivity index (χ0n) is 12.6. The van der Waals surface area contributed by atoms with Gasteiger partial charge in [-0.25, -0.2) is 4.68 Å². The number of aromatic nitrogens is 2. The molecule has 1 aliphatic carbocycles. The monoisotopic (exact) mass is 264 g/mol. The summed E-state index contributed by atoms with van der Waals surface area (Å²) in [6.45, 7) is 7.24. The maximum absolute atomic E-state index is 6.13. The number of aryl methyl sites for hydroxylation is 2. The minimum atomic E-state index is 0.566. The predicted octanol–water partition coefficient (Wildman–Crippen LogP) is 3.56. The molecule has 0 aromatic carbocycles. The molecule has 0 unspecified atom stereocenters. The average molecular weight is 264 g/mol. The van der Waals surface area contributed by atoms with Gasteiger partial charge in [-0.2, -0.15) is 5.10 Å². The molecule has 1 heterocycles. The summed E-state index contributed by atoms with van der Waals surface area (Å²) in [6.07, 6.45) is 7.93. The fourth-order valence-electron chi connectivity index (χ4n) is 3.17. The van der Waals surface area contributed by atoms with Crippen molar-refractivity contribution in [2.24, 2.45) is 5.92 Å². The standard InChI is InChI=1S/C15H28N4/c1-4-6-12-7-9-13(10-8-12)17-15-14(16)11(3)18-19(15)5-2/h12-13,17H,4-10,16H2,1-3H3. The Morgan fingerprint density at radius 3 is 2.53 bits per heavy atom. The number of nitrogen functional groups attached to an aromatic ring is 1. The van der Waals surface area contributed by atoms with E-state index in [-0.39, 0.29) is 0 Å². The predicted molar refractivity (Wildman–Crippen MR) is 81.3 cm³/mol. The lowest BCUT2D eigenvalue weighted by molar-refractivity contribution is 0.318. The fraction of sp³-hybridized carbons (Fsp3) is 0.800. The Balaban J connectivity index is 1.95. The summed E-state index contributed by atoms with van der Waals surface area (Å²) in [7, 11) is 0. The molecule has 1 aromatic rings. The molecule has 0 bridgehead atoms. The fourth-order valence-corrected chi connectivity index (χ4v) is 3.17. The molecule has 0 saturated heterocycles. The van der Waals surface area contributed by atoms with Crippen molar-refractivity contribution in [1.82, 2.24) is 9.78 Å². The Morgan fingerprint density at radius 2 is 1.95 bits per heavy atom. The molecule has 0 amide bonds. The zero-order chi connectivity index (χ0) is 13.8. The SMILES string of the molecule is CCCC1CCC(Nc2c(N)c(C)nn2CC)CC1. The second-order valence-corrected chi connectivity index (χ2v) is 5.81. The molecule has 0 atom stereocenters. The highest BCUT2D eigenvalue weighted by Crippen LogP contribution is 2.31. The Labute approximate surface area is 116 Å². The lowest BCUT2D eigenvalue weighted by atomic mass is 9.83. The normalized spacial score (nSPS) is 23.5. The summed E-state index contributed by atoms with van der Waals surface area (Å²) in [5, 5.41) is 8.10. The first-order valence-corrected chi connectivity index (χ1v) is 7.75. The topological polar surface area (TPSA) is 55.9 Å². The van der Waals surface area contributed by atoms with Gasteiger partial charge in [-0.3, -0.25) is 0 Å². The molecule has 0 aliphatic heterocycles. The van der Waals surface area contributed by atoms with Crippen LogP contribution in [0.4, 0.5) is 11.5 Å². The van der Waals surface area contributed by atoms with Crippen LogP contribution in [-0.2, 0) is 6.54 Å². The van der Waals surface area contributed by atoms with E-state index in [9.17, 15) is 0 Å². The van der Waals surface area contributed by atoms with Crippen LogP contribution in [0.25, 0.3) is 0 Å². The number of anilines is 2. The van der Waals surface area contributed by atoms with Crippen molar-refractivity contribution in [3.8, 4) is 0 Å². The van der Waals surface area contributed by atoms with Crippen LogP contribution in [0.3, 0.4) is 0 Å². The molecular formula is C15H28N4.